The van der Waals surface area contributed by atoms with Gasteiger partial charge >= 0.3 is 12.4 Å². The Hall–Kier alpha value is -4.38. The predicted molar refractivity (Wildman–Crippen MR) is 237 cm³/mol. The van der Waals surface area contributed by atoms with Crippen molar-refractivity contribution in [2.24, 2.45) is 11.8 Å². The normalized spacial score (nSPS) is 23.6. The molecule has 10 nitrogen and oxygen atoms in total. The fourth-order valence-corrected chi connectivity index (χ4v) is 10.1. The Morgan fingerprint density at radius 3 is 1.30 bits per heavy atom. The molecule has 8 rings (SSSR count). The fraction of sp³-hybridized carbons (Fsp3) is 0.583. The van der Waals surface area contributed by atoms with Gasteiger partial charge in [0.1, 0.15) is 0 Å². The molecule has 348 valence electrons. The molecule has 2 amide bonds. The van der Waals surface area contributed by atoms with E-state index in [0.29, 0.717) is 49.8 Å². The van der Waals surface area contributed by atoms with Crippen LogP contribution < -0.4 is 0 Å². The van der Waals surface area contributed by atoms with Crippen molar-refractivity contribution in [2.75, 3.05) is 106 Å². The highest BCUT2D eigenvalue weighted by Gasteiger charge is 2.37. The van der Waals surface area contributed by atoms with E-state index in [1.54, 1.807) is 36.4 Å². The van der Waals surface area contributed by atoms with E-state index in [1.807, 2.05) is 9.80 Å². The molecule has 0 aliphatic carbocycles. The summed E-state index contributed by atoms with van der Waals surface area (Å²) < 4.78 is 80.9. The van der Waals surface area contributed by atoms with Gasteiger partial charge < -0.3 is 29.4 Å². The number of fused-ring (bicyclic) bond motifs is 2. The summed E-state index contributed by atoms with van der Waals surface area (Å²) >= 11 is 0. The molecule has 4 saturated heterocycles. The van der Waals surface area contributed by atoms with Crippen molar-refractivity contribution in [1.29, 1.82) is 0 Å². The lowest BCUT2D eigenvalue weighted by Crippen LogP contribution is -2.47. The standard InChI is InChI=1S/2C24H31F3N4O/c2*1-17-14-18(16-31(15-17)22(32)7-9-30-12-10-29(2)11-13-30)19-5-6-21(24(25,26)27)23-20(19)4-3-8-28-23/h2*3-6,8,17-18H,7,9-16H2,1-2H3/t2*17-,18?/m11/s1. The molecule has 2 aromatic carbocycles. The molecule has 64 heavy (non-hydrogen) atoms. The smallest absolute Gasteiger partial charge is 0.342 e. The number of halogens is 6. The van der Waals surface area contributed by atoms with E-state index in [0.717, 1.165) is 102 Å². The van der Waals surface area contributed by atoms with Crippen LogP contribution >= 0.6 is 0 Å². The van der Waals surface area contributed by atoms with E-state index in [1.165, 1.54) is 12.4 Å². The Morgan fingerprint density at radius 1 is 0.562 bits per heavy atom. The summed E-state index contributed by atoms with van der Waals surface area (Å²) in [7, 11) is 4.22. The largest absolute Gasteiger partial charge is 0.418 e. The summed E-state index contributed by atoms with van der Waals surface area (Å²) in [6.07, 6.45) is -3.43. The number of carbonyl (C=O) groups excluding carboxylic acids is 2. The first-order valence-corrected chi connectivity index (χ1v) is 22.7. The zero-order valence-electron chi connectivity index (χ0n) is 37.5. The van der Waals surface area contributed by atoms with Crippen molar-refractivity contribution < 1.29 is 35.9 Å². The second-order valence-electron chi connectivity index (χ2n) is 18.7. The van der Waals surface area contributed by atoms with Crippen LogP contribution in [0.3, 0.4) is 0 Å². The van der Waals surface area contributed by atoms with Crippen molar-refractivity contribution in [3.63, 3.8) is 0 Å². The summed E-state index contributed by atoms with van der Waals surface area (Å²) in [6.45, 7) is 16.2. The number of hydrogen-bond acceptors (Lipinski definition) is 8. The second-order valence-corrected chi connectivity index (χ2v) is 18.7. The molecule has 4 atom stereocenters. The maximum Gasteiger partial charge on any atom is 0.418 e. The Balaban J connectivity index is 0.000000191. The average molecular weight is 897 g/mol. The molecular weight excluding hydrogens is 835 g/mol. The third-order valence-corrected chi connectivity index (χ3v) is 13.6. The van der Waals surface area contributed by atoms with Crippen LogP contribution in [0.1, 0.15) is 73.6 Å². The van der Waals surface area contributed by atoms with E-state index in [9.17, 15) is 35.9 Å². The van der Waals surface area contributed by atoms with Crippen LogP contribution in [0, 0.1) is 11.8 Å². The van der Waals surface area contributed by atoms with Gasteiger partial charge in [-0.1, -0.05) is 38.1 Å². The number of likely N-dealkylation sites (tertiary alicyclic amines) is 2. The molecule has 2 unspecified atom stereocenters. The Bertz CT molecular complexity index is 2070. The van der Waals surface area contributed by atoms with Crippen LogP contribution in [0.5, 0.6) is 0 Å². The molecule has 2 aromatic heterocycles. The number of nitrogens with zero attached hydrogens (tertiary/aromatic N) is 8. The van der Waals surface area contributed by atoms with Gasteiger partial charge in [-0.25, -0.2) is 0 Å². The first kappa shape index (κ1) is 47.6. The number of likely N-dealkylation sites (N-methyl/N-ethyl adjacent to an activating group) is 2. The number of alkyl halides is 6. The fourth-order valence-electron chi connectivity index (χ4n) is 10.1. The number of pyridine rings is 2. The molecule has 0 spiro atoms. The molecule has 4 fully saturated rings. The van der Waals surface area contributed by atoms with Crippen molar-refractivity contribution in [2.45, 2.75) is 63.7 Å². The molecule has 4 aliphatic rings. The topological polar surface area (TPSA) is 79.4 Å². The molecule has 0 saturated carbocycles. The quantitative estimate of drug-likeness (QED) is 0.167. The van der Waals surface area contributed by atoms with E-state index in [-0.39, 0.29) is 46.5 Å². The van der Waals surface area contributed by atoms with Crippen LogP contribution in [0.2, 0.25) is 0 Å². The number of piperidine rings is 2. The minimum Gasteiger partial charge on any atom is -0.342 e. The Labute approximate surface area is 372 Å². The van der Waals surface area contributed by atoms with Crippen molar-refractivity contribution >= 4 is 33.6 Å². The van der Waals surface area contributed by atoms with Gasteiger partial charge in [-0.15, -0.1) is 0 Å². The zero-order valence-corrected chi connectivity index (χ0v) is 37.5. The Kier molecular flexibility index (Phi) is 15.2. The van der Waals surface area contributed by atoms with E-state index in [4.69, 9.17) is 0 Å². The highest BCUT2D eigenvalue weighted by atomic mass is 19.4. The van der Waals surface area contributed by atoms with Crippen LogP contribution in [-0.4, -0.2) is 157 Å². The van der Waals surface area contributed by atoms with Crippen molar-refractivity contribution in [3.05, 3.63) is 83.2 Å². The first-order chi connectivity index (χ1) is 30.4. The van der Waals surface area contributed by atoms with Gasteiger partial charge in [0.2, 0.25) is 11.8 Å². The van der Waals surface area contributed by atoms with E-state index >= 15 is 0 Å². The number of rotatable bonds is 8. The van der Waals surface area contributed by atoms with Crippen LogP contribution in [0.15, 0.2) is 60.9 Å². The maximum atomic E-state index is 13.5. The molecular formula is C48H62F6N8O2. The van der Waals surface area contributed by atoms with Gasteiger partial charge in [-0.2, -0.15) is 26.3 Å². The first-order valence-electron chi connectivity index (χ1n) is 22.7. The predicted octanol–water partition coefficient (Wildman–Crippen LogP) is 7.69. The van der Waals surface area contributed by atoms with Gasteiger partial charge in [-0.3, -0.25) is 19.6 Å². The van der Waals surface area contributed by atoms with Gasteiger partial charge in [0.15, 0.2) is 0 Å². The third-order valence-electron chi connectivity index (χ3n) is 13.6. The van der Waals surface area contributed by atoms with Gasteiger partial charge in [-0.05, 0) is 74.2 Å². The Morgan fingerprint density at radius 2 is 0.938 bits per heavy atom. The summed E-state index contributed by atoms with van der Waals surface area (Å²) in [6, 6.07) is 12.2. The van der Waals surface area contributed by atoms with Gasteiger partial charge in [0.05, 0.1) is 22.2 Å². The van der Waals surface area contributed by atoms with Crippen LogP contribution in [0.4, 0.5) is 26.3 Å². The highest BCUT2D eigenvalue weighted by Crippen LogP contribution is 2.41. The monoisotopic (exact) mass is 896 g/mol. The lowest BCUT2D eigenvalue weighted by atomic mass is 9.83. The van der Waals surface area contributed by atoms with Crippen molar-refractivity contribution in [1.82, 2.24) is 39.4 Å². The van der Waals surface area contributed by atoms with Crippen LogP contribution in [0.25, 0.3) is 21.8 Å². The molecule has 0 radical (unpaired) electrons. The number of benzene rings is 2. The zero-order chi connectivity index (χ0) is 45.8. The summed E-state index contributed by atoms with van der Waals surface area (Å²) in [5.41, 5.74) is 0.267. The molecule has 6 heterocycles. The summed E-state index contributed by atoms with van der Waals surface area (Å²) in [5.74, 6) is 0.844. The molecule has 16 heteroatoms. The lowest BCUT2D eigenvalue weighted by molar-refractivity contribution is -0.137. The van der Waals surface area contributed by atoms with Crippen LogP contribution in [-0.2, 0) is 21.9 Å². The summed E-state index contributed by atoms with van der Waals surface area (Å²) in [5, 5.41) is 1.07. The third kappa shape index (κ3) is 11.7. The highest BCUT2D eigenvalue weighted by molar-refractivity contribution is 5.87. The number of hydrogen-bond donors (Lipinski definition) is 0. The SMILES string of the molecule is C[C@@H]1CC(c2ccc(C(F)(F)F)c3ncccc23)CN(C(=O)CCN2CCN(C)CC2)C1.C[C@@H]1CC(c2ccc(C(F)(F)F)c3ncccc23)CN(C(=O)CCN2CCN(C)CC2)C1. The molecule has 4 aliphatic heterocycles. The minimum absolute atomic E-state index is 0.000296. The van der Waals surface area contributed by atoms with Gasteiger partial charge in [0, 0.05) is 139 Å². The molecule has 4 aromatic rings. The average Bonchev–Trinajstić information content (AvgIpc) is 3.26. The maximum absolute atomic E-state index is 13.5. The number of amides is 2. The number of aromatic nitrogens is 2. The lowest BCUT2D eigenvalue weighted by Gasteiger charge is -2.38. The van der Waals surface area contributed by atoms with E-state index < -0.39 is 23.5 Å². The van der Waals surface area contributed by atoms with Crippen molar-refractivity contribution in [3.8, 4) is 0 Å². The molecule has 0 bridgehead atoms. The number of piperazine rings is 2. The molecule has 0 N–H and O–H groups in total. The number of carbonyl (C=O) groups is 2. The van der Waals surface area contributed by atoms with Gasteiger partial charge in [0.25, 0.3) is 0 Å². The van der Waals surface area contributed by atoms with E-state index in [2.05, 4.69) is 57.5 Å². The second kappa shape index (κ2) is 20.4. The summed E-state index contributed by atoms with van der Waals surface area (Å²) in [4.78, 5) is 47.2. The minimum atomic E-state index is -4.45.